The molecule has 0 aliphatic rings. The fourth-order valence-electron chi connectivity index (χ4n) is 2.76. The molecule has 0 radical (unpaired) electrons. The van der Waals surface area contributed by atoms with Gasteiger partial charge < -0.3 is 15.4 Å². The monoisotopic (exact) mass is 348 g/mol. The third-order valence-corrected chi connectivity index (χ3v) is 4.16. The molecule has 0 atom stereocenters. The molecule has 0 heterocycles. The number of carbonyl (C=O) groups is 2. The highest BCUT2D eigenvalue weighted by atomic mass is 16.5. The van der Waals surface area contributed by atoms with Crippen molar-refractivity contribution in [1.29, 1.82) is 0 Å². The van der Waals surface area contributed by atoms with E-state index < -0.39 is 5.97 Å². The van der Waals surface area contributed by atoms with E-state index >= 15 is 0 Å². The van der Waals surface area contributed by atoms with Crippen LogP contribution in [-0.2, 0) is 9.53 Å². The Labute approximate surface area is 152 Å². The summed E-state index contributed by atoms with van der Waals surface area (Å²) < 4.78 is 4.73. The van der Waals surface area contributed by atoms with Crippen molar-refractivity contribution in [1.82, 2.24) is 0 Å². The molecule has 3 rings (SSSR count). The van der Waals surface area contributed by atoms with Crippen LogP contribution in [0.5, 0.6) is 0 Å². The van der Waals surface area contributed by atoms with Gasteiger partial charge in [-0.25, -0.2) is 4.79 Å². The molecule has 0 saturated heterocycles. The molecule has 0 unspecified atom stereocenters. The number of nitrogens with one attached hydrogen (secondary N) is 2. The SMILES string of the molecule is COC(=O)c1ccc(C)c(NCC(=O)Nc2cccc3ccccc23)c1. The zero-order chi connectivity index (χ0) is 18.5. The number of hydrogen-bond donors (Lipinski definition) is 2. The number of rotatable bonds is 5. The first-order chi connectivity index (χ1) is 12.6. The predicted molar refractivity (Wildman–Crippen MR) is 104 cm³/mol. The summed E-state index contributed by atoms with van der Waals surface area (Å²) in [4.78, 5) is 24.0. The Morgan fingerprint density at radius 2 is 1.73 bits per heavy atom. The Morgan fingerprint density at radius 1 is 0.962 bits per heavy atom. The minimum Gasteiger partial charge on any atom is -0.465 e. The molecule has 0 aromatic heterocycles. The van der Waals surface area contributed by atoms with E-state index in [-0.39, 0.29) is 12.5 Å². The van der Waals surface area contributed by atoms with E-state index in [1.165, 1.54) is 7.11 Å². The number of esters is 1. The van der Waals surface area contributed by atoms with Gasteiger partial charge in [0, 0.05) is 16.8 Å². The van der Waals surface area contributed by atoms with Crippen LogP contribution in [0.25, 0.3) is 10.8 Å². The molecule has 1 amide bonds. The maximum absolute atomic E-state index is 12.4. The van der Waals surface area contributed by atoms with Crippen molar-refractivity contribution < 1.29 is 14.3 Å². The lowest BCUT2D eigenvalue weighted by molar-refractivity contribution is -0.114. The number of carbonyl (C=O) groups excluding carboxylic acids is 2. The van der Waals surface area contributed by atoms with Crippen LogP contribution in [0.3, 0.4) is 0 Å². The lowest BCUT2D eigenvalue weighted by Gasteiger charge is -2.12. The van der Waals surface area contributed by atoms with Gasteiger partial charge in [-0.1, -0.05) is 42.5 Å². The smallest absolute Gasteiger partial charge is 0.337 e. The Hall–Kier alpha value is -3.34. The van der Waals surface area contributed by atoms with Crippen LogP contribution in [0, 0.1) is 6.92 Å². The lowest BCUT2D eigenvalue weighted by atomic mass is 10.1. The average Bonchev–Trinajstić information content (AvgIpc) is 2.67. The summed E-state index contributed by atoms with van der Waals surface area (Å²) in [5.74, 6) is -0.572. The third kappa shape index (κ3) is 3.83. The highest BCUT2D eigenvalue weighted by Crippen LogP contribution is 2.23. The Morgan fingerprint density at radius 3 is 2.54 bits per heavy atom. The summed E-state index contributed by atoms with van der Waals surface area (Å²) in [7, 11) is 1.34. The van der Waals surface area contributed by atoms with Crippen LogP contribution in [0.15, 0.2) is 60.7 Å². The minimum atomic E-state index is -0.409. The molecule has 5 heteroatoms. The number of aryl methyl sites for hydroxylation is 1. The summed E-state index contributed by atoms with van der Waals surface area (Å²) >= 11 is 0. The van der Waals surface area contributed by atoms with Crippen molar-refractivity contribution in [2.75, 3.05) is 24.3 Å². The van der Waals surface area contributed by atoms with Gasteiger partial charge in [-0.3, -0.25) is 4.79 Å². The van der Waals surface area contributed by atoms with Crippen molar-refractivity contribution in [3.63, 3.8) is 0 Å². The van der Waals surface area contributed by atoms with E-state index in [1.807, 2.05) is 55.5 Å². The lowest BCUT2D eigenvalue weighted by Crippen LogP contribution is -2.22. The molecule has 0 bridgehead atoms. The fourth-order valence-corrected chi connectivity index (χ4v) is 2.76. The second-order valence-corrected chi connectivity index (χ2v) is 5.95. The number of methoxy groups -OCH3 is 1. The minimum absolute atomic E-state index is 0.0920. The van der Waals surface area contributed by atoms with Crippen molar-refractivity contribution >= 4 is 34.0 Å². The normalized spacial score (nSPS) is 10.4. The number of benzene rings is 3. The average molecular weight is 348 g/mol. The molecule has 0 aliphatic heterocycles. The number of fused-ring (bicyclic) bond motifs is 1. The molecule has 26 heavy (non-hydrogen) atoms. The molecular formula is C21H20N2O3. The topological polar surface area (TPSA) is 67.4 Å². The molecule has 5 nitrogen and oxygen atoms in total. The van der Waals surface area contributed by atoms with Gasteiger partial charge in [0.25, 0.3) is 0 Å². The predicted octanol–water partition coefficient (Wildman–Crippen LogP) is 3.99. The van der Waals surface area contributed by atoms with Crippen LogP contribution in [0.1, 0.15) is 15.9 Å². The van der Waals surface area contributed by atoms with E-state index in [0.29, 0.717) is 5.56 Å². The summed E-state index contributed by atoms with van der Waals surface area (Å²) in [5.41, 5.74) is 2.88. The van der Waals surface area contributed by atoms with Gasteiger partial charge in [0.05, 0.1) is 19.2 Å². The zero-order valence-electron chi connectivity index (χ0n) is 14.7. The van der Waals surface area contributed by atoms with Crippen LogP contribution in [0.2, 0.25) is 0 Å². The number of ether oxygens (including phenoxy) is 1. The van der Waals surface area contributed by atoms with Gasteiger partial charge in [0.15, 0.2) is 0 Å². The van der Waals surface area contributed by atoms with E-state index in [9.17, 15) is 9.59 Å². The summed E-state index contributed by atoms with van der Waals surface area (Å²) in [6.07, 6.45) is 0. The van der Waals surface area contributed by atoms with Gasteiger partial charge in [0.2, 0.25) is 5.91 Å². The molecule has 3 aromatic carbocycles. The Balaban J connectivity index is 1.70. The zero-order valence-corrected chi connectivity index (χ0v) is 14.7. The first kappa shape index (κ1) is 17.5. The quantitative estimate of drug-likeness (QED) is 0.684. The molecule has 0 fully saturated rings. The van der Waals surface area contributed by atoms with Crippen LogP contribution in [-0.4, -0.2) is 25.5 Å². The highest BCUT2D eigenvalue weighted by molar-refractivity contribution is 6.03. The number of amides is 1. The molecule has 2 N–H and O–H groups in total. The van der Waals surface area contributed by atoms with Crippen LogP contribution in [0.4, 0.5) is 11.4 Å². The second-order valence-electron chi connectivity index (χ2n) is 5.95. The molecule has 0 aliphatic carbocycles. The first-order valence-corrected chi connectivity index (χ1v) is 8.29. The number of anilines is 2. The molecule has 0 saturated carbocycles. The van der Waals surface area contributed by atoms with Crippen molar-refractivity contribution in [2.45, 2.75) is 6.92 Å². The van der Waals surface area contributed by atoms with Crippen LogP contribution < -0.4 is 10.6 Å². The van der Waals surface area contributed by atoms with Gasteiger partial charge in [-0.05, 0) is 36.1 Å². The maximum Gasteiger partial charge on any atom is 0.337 e. The molecule has 0 spiro atoms. The van der Waals surface area contributed by atoms with Crippen molar-refractivity contribution in [3.05, 3.63) is 71.8 Å². The molecular weight excluding hydrogens is 328 g/mol. The number of hydrogen-bond acceptors (Lipinski definition) is 4. The standard InChI is InChI=1S/C21H20N2O3/c1-14-10-11-16(21(25)26-2)12-19(14)22-13-20(24)23-18-9-5-7-15-6-3-4-8-17(15)18/h3-12,22H,13H2,1-2H3,(H,23,24). The second kappa shape index (κ2) is 7.70. The van der Waals surface area contributed by atoms with Crippen LogP contribution >= 0.6 is 0 Å². The maximum atomic E-state index is 12.4. The first-order valence-electron chi connectivity index (χ1n) is 8.29. The summed E-state index contributed by atoms with van der Waals surface area (Å²) in [5, 5.41) is 8.07. The van der Waals surface area contributed by atoms with Gasteiger partial charge in [0.1, 0.15) is 0 Å². The summed E-state index contributed by atoms with van der Waals surface area (Å²) in [6, 6.07) is 18.9. The molecule has 132 valence electrons. The van der Waals surface area contributed by atoms with E-state index in [2.05, 4.69) is 10.6 Å². The van der Waals surface area contributed by atoms with Crippen molar-refractivity contribution in [3.8, 4) is 0 Å². The van der Waals surface area contributed by atoms with E-state index in [1.54, 1.807) is 12.1 Å². The van der Waals surface area contributed by atoms with E-state index in [4.69, 9.17) is 4.74 Å². The fraction of sp³-hybridized carbons (Fsp3) is 0.143. The molecule has 3 aromatic rings. The van der Waals surface area contributed by atoms with Gasteiger partial charge in [-0.15, -0.1) is 0 Å². The Bertz CT molecular complexity index is 961. The van der Waals surface area contributed by atoms with Gasteiger partial charge >= 0.3 is 5.97 Å². The Kier molecular flexibility index (Phi) is 5.17. The largest absolute Gasteiger partial charge is 0.465 e. The van der Waals surface area contributed by atoms with Crippen molar-refractivity contribution in [2.24, 2.45) is 0 Å². The highest BCUT2D eigenvalue weighted by Gasteiger charge is 2.10. The third-order valence-electron chi connectivity index (χ3n) is 4.16. The van der Waals surface area contributed by atoms with E-state index in [0.717, 1.165) is 27.7 Å². The summed E-state index contributed by atoms with van der Waals surface area (Å²) in [6.45, 7) is 2.00. The van der Waals surface area contributed by atoms with Gasteiger partial charge in [-0.2, -0.15) is 0 Å².